The third-order valence-electron chi connectivity index (χ3n) is 1.13. The maximum Gasteiger partial charge on any atom is 0.269 e. The summed E-state index contributed by atoms with van der Waals surface area (Å²) in [4.78, 5) is 18.0. The van der Waals surface area contributed by atoms with Gasteiger partial charge in [0.25, 0.3) is 5.91 Å². The number of carbonyl (C=O) groups is 1. The van der Waals surface area contributed by atoms with Crippen LogP contribution in [0.15, 0.2) is 21.8 Å². The van der Waals surface area contributed by atoms with E-state index in [0.717, 1.165) is 0 Å². The highest BCUT2D eigenvalue weighted by molar-refractivity contribution is 5.96. The number of nitrogens with one attached hydrogen (secondary N) is 1. The maximum absolute atomic E-state index is 11.0. The number of aliphatic imine (C=N–C) groups is 2. The van der Waals surface area contributed by atoms with Gasteiger partial charge in [-0.05, 0) is 13.6 Å². The highest BCUT2D eigenvalue weighted by Gasteiger charge is 2.03. The molecule has 0 bridgehead atoms. The molecule has 5 nitrogen and oxygen atoms in total. The Morgan fingerprint density at radius 2 is 2.25 bits per heavy atom. The van der Waals surface area contributed by atoms with E-state index in [1.807, 2.05) is 0 Å². The smallest absolute Gasteiger partial charge is 0.269 e. The molecular weight excluding hydrogens is 156 g/mol. The Hall–Kier alpha value is -1.65. The first-order valence-electron chi connectivity index (χ1n) is 3.35. The van der Waals surface area contributed by atoms with Crippen LogP contribution in [0.3, 0.4) is 0 Å². The fraction of sp³-hybridized carbons (Fsp3) is 0.286. The first-order chi connectivity index (χ1) is 5.65. The minimum atomic E-state index is -0.302. The number of likely N-dealkylation sites (N-methyl/N-ethyl adjacent to an activating group) is 1. The van der Waals surface area contributed by atoms with Crippen molar-refractivity contribution in [1.29, 1.82) is 0 Å². The molecule has 1 amide bonds. The lowest BCUT2D eigenvalue weighted by Gasteiger charge is -1.98. The monoisotopic (exact) mass is 168 g/mol. The van der Waals surface area contributed by atoms with Crippen molar-refractivity contribution in [2.45, 2.75) is 6.92 Å². The molecule has 0 aromatic carbocycles. The summed E-state index contributed by atoms with van der Waals surface area (Å²) in [6.07, 6.45) is 1.54. The van der Waals surface area contributed by atoms with Crippen molar-refractivity contribution in [3.05, 3.63) is 11.8 Å². The van der Waals surface area contributed by atoms with Gasteiger partial charge in [0.1, 0.15) is 5.70 Å². The molecule has 0 atom stereocenters. The van der Waals surface area contributed by atoms with E-state index in [4.69, 9.17) is 5.73 Å². The maximum atomic E-state index is 11.0. The zero-order valence-electron chi connectivity index (χ0n) is 7.16. The molecule has 66 valence electrons. The molecule has 5 heteroatoms. The summed E-state index contributed by atoms with van der Waals surface area (Å²) in [5, 5.41) is 2.41. The number of hydrogen-bond donors (Lipinski definition) is 2. The quantitative estimate of drug-likeness (QED) is 0.336. The Bertz CT molecular complexity index is 242. The molecule has 0 spiro atoms. The van der Waals surface area contributed by atoms with Crippen molar-refractivity contribution in [2.75, 3.05) is 7.05 Å². The van der Waals surface area contributed by atoms with Gasteiger partial charge in [0.2, 0.25) is 5.96 Å². The highest BCUT2D eigenvalue weighted by atomic mass is 16.1. The lowest BCUT2D eigenvalue weighted by molar-refractivity contribution is -0.117. The standard InChI is InChI=1S/C7H12N4O/c1-4-5(6(12)9-2)11-7(8)10-3/h4H,3H2,1-2H3,(H2,8,11)(H,9,12)/b5-4-. The zero-order chi connectivity index (χ0) is 9.56. The minimum absolute atomic E-state index is 0.0216. The molecule has 0 aromatic heterocycles. The fourth-order valence-electron chi connectivity index (χ4n) is 0.533. The van der Waals surface area contributed by atoms with Crippen LogP contribution in [0.4, 0.5) is 0 Å². The molecule has 3 N–H and O–H groups in total. The molecule has 12 heavy (non-hydrogen) atoms. The van der Waals surface area contributed by atoms with Crippen LogP contribution in [0.1, 0.15) is 6.92 Å². The van der Waals surface area contributed by atoms with Crippen LogP contribution in [0.5, 0.6) is 0 Å². The summed E-state index contributed by atoms with van der Waals surface area (Å²) < 4.78 is 0. The Morgan fingerprint density at radius 3 is 2.58 bits per heavy atom. The summed E-state index contributed by atoms with van der Waals surface area (Å²) in [7, 11) is 1.51. The topological polar surface area (TPSA) is 79.8 Å². The highest BCUT2D eigenvalue weighted by Crippen LogP contribution is 1.95. The molecule has 0 rings (SSSR count). The van der Waals surface area contributed by atoms with Gasteiger partial charge in [0.15, 0.2) is 0 Å². The van der Waals surface area contributed by atoms with Gasteiger partial charge in [-0.2, -0.15) is 0 Å². The normalized spacial score (nSPS) is 12.5. The number of amides is 1. The first-order valence-corrected chi connectivity index (χ1v) is 3.35. The zero-order valence-corrected chi connectivity index (χ0v) is 7.16. The molecule has 0 saturated heterocycles. The van der Waals surface area contributed by atoms with Crippen molar-refractivity contribution < 1.29 is 4.79 Å². The Labute approximate surface area is 71.1 Å². The molecule has 0 aliphatic rings. The van der Waals surface area contributed by atoms with E-state index >= 15 is 0 Å². The van der Waals surface area contributed by atoms with E-state index < -0.39 is 0 Å². The van der Waals surface area contributed by atoms with Crippen molar-refractivity contribution in [1.82, 2.24) is 5.32 Å². The summed E-state index contributed by atoms with van der Waals surface area (Å²) in [6.45, 7) is 4.85. The van der Waals surface area contributed by atoms with E-state index in [-0.39, 0.29) is 17.6 Å². The number of nitrogens with zero attached hydrogens (tertiary/aromatic N) is 2. The average molecular weight is 168 g/mol. The third-order valence-corrected chi connectivity index (χ3v) is 1.13. The van der Waals surface area contributed by atoms with Gasteiger partial charge in [-0.25, -0.2) is 9.98 Å². The fourth-order valence-corrected chi connectivity index (χ4v) is 0.533. The lowest BCUT2D eigenvalue weighted by atomic mass is 10.4. The van der Waals surface area contributed by atoms with Gasteiger partial charge < -0.3 is 11.1 Å². The Morgan fingerprint density at radius 1 is 1.67 bits per heavy atom. The van der Waals surface area contributed by atoms with Crippen molar-refractivity contribution in [3.63, 3.8) is 0 Å². The van der Waals surface area contributed by atoms with Crippen LogP contribution in [0.25, 0.3) is 0 Å². The number of guanidine groups is 1. The molecular formula is C7H12N4O. The number of nitrogens with two attached hydrogens (primary N) is 1. The summed E-state index contributed by atoms with van der Waals surface area (Å²) in [5.41, 5.74) is 5.47. The lowest BCUT2D eigenvalue weighted by Crippen LogP contribution is -2.20. The predicted molar refractivity (Wildman–Crippen MR) is 49.0 cm³/mol. The molecule has 0 fully saturated rings. The second kappa shape index (κ2) is 5.06. The van der Waals surface area contributed by atoms with Crippen LogP contribution >= 0.6 is 0 Å². The molecule has 0 aliphatic heterocycles. The number of carbonyl (C=O) groups excluding carboxylic acids is 1. The molecule has 0 radical (unpaired) electrons. The van der Waals surface area contributed by atoms with E-state index in [2.05, 4.69) is 22.0 Å². The second-order valence-electron chi connectivity index (χ2n) is 1.88. The Kier molecular flexibility index (Phi) is 4.36. The molecule has 0 heterocycles. The number of rotatable bonds is 2. The third kappa shape index (κ3) is 2.96. The van der Waals surface area contributed by atoms with Crippen molar-refractivity contribution in [2.24, 2.45) is 15.7 Å². The van der Waals surface area contributed by atoms with Crippen molar-refractivity contribution >= 4 is 18.6 Å². The summed E-state index contributed by atoms with van der Waals surface area (Å²) in [6, 6.07) is 0. The van der Waals surface area contributed by atoms with E-state index in [0.29, 0.717) is 0 Å². The average Bonchev–Trinajstić information content (AvgIpc) is 2.12. The van der Waals surface area contributed by atoms with Gasteiger partial charge in [-0.3, -0.25) is 4.79 Å². The van der Waals surface area contributed by atoms with Gasteiger partial charge in [0.05, 0.1) is 0 Å². The van der Waals surface area contributed by atoms with Crippen molar-refractivity contribution in [3.8, 4) is 0 Å². The van der Waals surface area contributed by atoms with Crippen LogP contribution in [0, 0.1) is 0 Å². The van der Waals surface area contributed by atoms with E-state index in [9.17, 15) is 4.79 Å². The molecule has 0 unspecified atom stereocenters. The van der Waals surface area contributed by atoms with Gasteiger partial charge in [0, 0.05) is 7.05 Å². The van der Waals surface area contributed by atoms with Crippen LogP contribution in [-0.2, 0) is 4.79 Å². The number of allylic oxidation sites excluding steroid dienone is 1. The molecule has 0 saturated carbocycles. The van der Waals surface area contributed by atoms with Gasteiger partial charge in [-0.1, -0.05) is 6.08 Å². The first kappa shape index (κ1) is 10.3. The van der Waals surface area contributed by atoms with Crippen LogP contribution in [-0.4, -0.2) is 25.6 Å². The summed E-state index contributed by atoms with van der Waals surface area (Å²) >= 11 is 0. The van der Waals surface area contributed by atoms with Crippen LogP contribution in [0.2, 0.25) is 0 Å². The van der Waals surface area contributed by atoms with Gasteiger partial charge >= 0.3 is 0 Å². The Balaban J connectivity index is 4.61. The van der Waals surface area contributed by atoms with E-state index in [1.165, 1.54) is 13.1 Å². The molecule has 0 aromatic rings. The number of hydrogen-bond acceptors (Lipinski definition) is 2. The van der Waals surface area contributed by atoms with Gasteiger partial charge in [-0.15, -0.1) is 0 Å². The minimum Gasteiger partial charge on any atom is -0.368 e. The summed E-state index contributed by atoms with van der Waals surface area (Å²) in [5.74, 6) is -0.323. The van der Waals surface area contributed by atoms with E-state index in [1.54, 1.807) is 6.92 Å². The second-order valence-corrected chi connectivity index (χ2v) is 1.88. The predicted octanol–water partition coefficient (Wildman–Crippen LogP) is -0.349. The largest absolute Gasteiger partial charge is 0.368 e. The van der Waals surface area contributed by atoms with Crippen LogP contribution < -0.4 is 11.1 Å². The SMILES string of the molecule is C=N/C(N)=N\C(=C/C)C(=O)NC. The molecule has 0 aliphatic carbocycles.